The van der Waals surface area contributed by atoms with Gasteiger partial charge in [-0.1, -0.05) is 52.5 Å². The summed E-state index contributed by atoms with van der Waals surface area (Å²) >= 11 is 0. The van der Waals surface area contributed by atoms with Gasteiger partial charge < -0.3 is 4.74 Å². The van der Waals surface area contributed by atoms with Crippen molar-refractivity contribution in [3.63, 3.8) is 0 Å². The molecule has 0 N–H and O–H groups in total. The first-order chi connectivity index (χ1) is 6.79. The lowest BCUT2D eigenvalue weighted by Crippen LogP contribution is -1.96. The highest BCUT2D eigenvalue weighted by Crippen LogP contribution is 2.33. The molecule has 1 aliphatic rings. The topological polar surface area (TPSA) is 12.5 Å². The van der Waals surface area contributed by atoms with E-state index in [0.717, 1.165) is 6.42 Å². The van der Waals surface area contributed by atoms with Crippen LogP contribution in [-0.4, -0.2) is 12.2 Å². The minimum absolute atomic E-state index is 0.408. The molecule has 0 saturated carbocycles. The van der Waals surface area contributed by atoms with Crippen molar-refractivity contribution in [2.45, 2.75) is 71.0 Å². The van der Waals surface area contributed by atoms with E-state index in [2.05, 4.69) is 20.4 Å². The van der Waals surface area contributed by atoms with Gasteiger partial charge in [0.1, 0.15) is 6.10 Å². The van der Waals surface area contributed by atoms with Crippen LogP contribution in [0.3, 0.4) is 0 Å². The van der Waals surface area contributed by atoms with E-state index in [9.17, 15) is 0 Å². The summed E-state index contributed by atoms with van der Waals surface area (Å²) in [5.74, 6) is 0. The fraction of sp³-hybridized carbons (Fsp3) is 0.846. The van der Waals surface area contributed by atoms with Gasteiger partial charge >= 0.3 is 0 Å². The quantitative estimate of drug-likeness (QED) is 0.324. The third kappa shape index (κ3) is 3.83. The van der Waals surface area contributed by atoms with Crippen molar-refractivity contribution in [2.24, 2.45) is 0 Å². The normalized spacial score (nSPS) is 25.0. The highest BCUT2D eigenvalue weighted by atomic mass is 16.6. The van der Waals surface area contributed by atoms with Crippen LogP contribution in [0.4, 0.5) is 0 Å². The van der Waals surface area contributed by atoms with Gasteiger partial charge in [0.05, 0.1) is 6.10 Å². The monoisotopic (exact) mass is 196 g/mol. The van der Waals surface area contributed by atoms with Crippen molar-refractivity contribution in [2.75, 3.05) is 0 Å². The SMILES string of the molecule is C=C(CC)C1O[C@@H]1CCCCCCC. The molecule has 1 heterocycles. The number of ether oxygens (including phenoxy) is 1. The number of unbranched alkanes of at least 4 members (excludes halogenated alkanes) is 4. The molecular formula is C13H24O. The molecule has 1 heteroatoms. The van der Waals surface area contributed by atoms with Gasteiger partial charge in [0.25, 0.3) is 0 Å². The molecule has 0 aromatic carbocycles. The standard InChI is InChI=1S/C13H24O/c1-4-6-7-8-9-10-12-13(14-12)11(3)5-2/h12-13H,3-10H2,1-2H3/t12-,13?/m1/s1. The Morgan fingerprint density at radius 1 is 1.14 bits per heavy atom. The van der Waals surface area contributed by atoms with Gasteiger partial charge in [0, 0.05) is 0 Å². The van der Waals surface area contributed by atoms with Crippen molar-refractivity contribution >= 4 is 0 Å². The van der Waals surface area contributed by atoms with Crippen molar-refractivity contribution in [1.29, 1.82) is 0 Å². The first-order valence-electron chi connectivity index (χ1n) is 6.12. The molecule has 1 nitrogen and oxygen atoms in total. The highest BCUT2D eigenvalue weighted by molar-refractivity contribution is 5.12. The van der Waals surface area contributed by atoms with Crippen molar-refractivity contribution in [3.05, 3.63) is 12.2 Å². The smallest absolute Gasteiger partial charge is 0.105 e. The van der Waals surface area contributed by atoms with Crippen LogP contribution in [-0.2, 0) is 4.74 Å². The lowest BCUT2D eigenvalue weighted by Gasteiger charge is -1.98. The summed E-state index contributed by atoms with van der Waals surface area (Å²) in [6.45, 7) is 8.43. The van der Waals surface area contributed by atoms with E-state index in [1.54, 1.807) is 0 Å². The maximum absolute atomic E-state index is 5.58. The summed E-state index contributed by atoms with van der Waals surface area (Å²) in [6, 6.07) is 0. The van der Waals surface area contributed by atoms with E-state index >= 15 is 0 Å². The number of rotatable bonds is 8. The largest absolute Gasteiger partial charge is 0.365 e. The zero-order chi connectivity index (χ0) is 10.4. The van der Waals surface area contributed by atoms with E-state index in [0.29, 0.717) is 12.2 Å². The van der Waals surface area contributed by atoms with E-state index < -0.39 is 0 Å². The number of hydrogen-bond acceptors (Lipinski definition) is 1. The average Bonchev–Trinajstić information content (AvgIpc) is 2.96. The molecule has 1 saturated heterocycles. The Morgan fingerprint density at radius 2 is 1.86 bits per heavy atom. The van der Waals surface area contributed by atoms with Crippen LogP contribution in [0, 0.1) is 0 Å². The molecule has 82 valence electrons. The van der Waals surface area contributed by atoms with Gasteiger partial charge in [-0.05, 0) is 18.4 Å². The van der Waals surface area contributed by atoms with Gasteiger partial charge in [-0.25, -0.2) is 0 Å². The van der Waals surface area contributed by atoms with Gasteiger partial charge in [-0.3, -0.25) is 0 Å². The zero-order valence-corrected chi connectivity index (χ0v) is 9.72. The lowest BCUT2D eigenvalue weighted by molar-refractivity contribution is 0.368. The third-order valence-electron chi connectivity index (χ3n) is 3.03. The van der Waals surface area contributed by atoms with Crippen LogP contribution < -0.4 is 0 Å². The van der Waals surface area contributed by atoms with Gasteiger partial charge in [0.15, 0.2) is 0 Å². The maximum atomic E-state index is 5.58. The molecule has 0 aliphatic carbocycles. The summed E-state index contributed by atoms with van der Waals surface area (Å²) in [4.78, 5) is 0. The number of epoxide rings is 1. The minimum Gasteiger partial charge on any atom is -0.365 e. The summed E-state index contributed by atoms with van der Waals surface area (Å²) in [7, 11) is 0. The van der Waals surface area contributed by atoms with E-state index in [4.69, 9.17) is 4.74 Å². The summed E-state index contributed by atoms with van der Waals surface area (Å²) in [5, 5.41) is 0. The molecule has 0 radical (unpaired) electrons. The lowest BCUT2D eigenvalue weighted by atomic mass is 10.0. The molecule has 1 rings (SSSR count). The molecule has 0 amide bonds. The highest BCUT2D eigenvalue weighted by Gasteiger charge is 2.38. The van der Waals surface area contributed by atoms with E-state index in [-0.39, 0.29) is 0 Å². The summed E-state index contributed by atoms with van der Waals surface area (Å²) < 4.78 is 5.58. The third-order valence-corrected chi connectivity index (χ3v) is 3.03. The second-order valence-electron chi connectivity index (χ2n) is 4.31. The predicted octanol–water partition coefficient (Wildman–Crippen LogP) is 4.08. The summed E-state index contributed by atoms with van der Waals surface area (Å²) in [6.07, 6.45) is 10.0. The Balaban J connectivity index is 1.93. The molecule has 0 aromatic heterocycles. The molecule has 1 aliphatic heterocycles. The minimum atomic E-state index is 0.408. The van der Waals surface area contributed by atoms with Gasteiger partial charge in [-0.15, -0.1) is 0 Å². The molecule has 1 unspecified atom stereocenters. The van der Waals surface area contributed by atoms with Crippen LogP contribution in [0.2, 0.25) is 0 Å². The molecule has 2 atom stereocenters. The van der Waals surface area contributed by atoms with Crippen LogP contribution in [0.25, 0.3) is 0 Å². The molecule has 0 bridgehead atoms. The Kier molecular flexibility index (Phi) is 5.24. The average molecular weight is 196 g/mol. The second-order valence-corrected chi connectivity index (χ2v) is 4.31. The molecule has 14 heavy (non-hydrogen) atoms. The molecule has 0 spiro atoms. The van der Waals surface area contributed by atoms with E-state index in [1.165, 1.54) is 44.1 Å². The van der Waals surface area contributed by atoms with Crippen molar-refractivity contribution in [3.8, 4) is 0 Å². The van der Waals surface area contributed by atoms with Crippen LogP contribution in [0.1, 0.15) is 58.8 Å². The van der Waals surface area contributed by atoms with Crippen LogP contribution in [0.15, 0.2) is 12.2 Å². The zero-order valence-electron chi connectivity index (χ0n) is 9.72. The Labute approximate surface area is 88.5 Å². The van der Waals surface area contributed by atoms with Crippen LogP contribution in [0.5, 0.6) is 0 Å². The summed E-state index contributed by atoms with van der Waals surface area (Å²) in [5.41, 5.74) is 1.28. The van der Waals surface area contributed by atoms with Crippen molar-refractivity contribution < 1.29 is 4.74 Å². The fourth-order valence-electron chi connectivity index (χ4n) is 1.87. The second kappa shape index (κ2) is 6.23. The maximum Gasteiger partial charge on any atom is 0.105 e. The first kappa shape index (κ1) is 11.8. The molecule has 1 fully saturated rings. The molecule has 0 aromatic rings. The van der Waals surface area contributed by atoms with E-state index in [1.807, 2.05) is 0 Å². The Bertz CT molecular complexity index is 174. The number of hydrogen-bond donors (Lipinski definition) is 0. The fourth-order valence-corrected chi connectivity index (χ4v) is 1.87. The Morgan fingerprint density at radius 3 is 2.50 bits per heavy atom. The first-order valence-corrected chi connectivity index (χ1v) is 6.12. The Hall–Kier alpha value is -0.300. The van der Waals surface area contributed by atoms with Gasteiger partial charge in [0.2, 0.25) is 0 Å². The molecular weight excluding hydrogens is 172 g/mol. The van der Waals surface area contributed by atoms with Crippen molar-refractivity contribution in [1.82, 2.24) is 0 Å². The van der Waals surface area contributed by atoms with Gasteiger partial charge in [-0.2, -0.15) is 0 Å². The van der Waals surface area contributed by atoms with Crippen LogP contribution >= 0.6 is 0 Å². The predicted molar refractivity (Wildman–Crippen MR) is 61.5 cm³/mol.